The maximum absolute atomic E-state index is 10.4. The monoisotopic (exact) mass is 1130 g/mol. The minimum atomic E-state index is -0.826. The number of hydrogen-bond donors (Lipinski definition) is 0. The van der Waals surface area contributed by atoms with Crippen LogP contribution in [0.25, 0.3) is 27.1 Å². The van der Waals surface area contributed by atoms with Crippen LogP contribution in [0.2, 0.25) is 0 Å². The molecule has 9 aromatic rings. The molecule has 0 unspecified atom stereocenters. The Bertz CT molecular complexity index is 3750. The maximum atomic E-state index is 10.4. The van der Waals surface area contributed by atoms with Crippen LogP contribution in [0.4, 0.5) is 45.5 Å². The number of anilines is 7. The highest BCUT2D eigenvalue weighted by Gasteiger charge is 2.52. The Morgan fingerprint density at radius 1 is 0.451 bits per heavy atom. The van der Waals surface area contributed by atoms with Crippen molar-refractivity contribution in [1.29, 1.82) is 5.26 Å². The predicted octanol–water partition coefficient (Wildman–Crippen LogP) is 21.0. The Kier molecular flexibility index (Phi) is 14.8. The molecule has 4 heterocycles. The number of nitrogens with zero attached hydrogens (tertiary/aromatic N) is 5. The lowest BCUT2D eigenvalue weighted by molar-refractivity contribution is 0.634. The van der Waals surface area contributed by atoms with Gasteiger partial charge >= 0.3 is 0 Å². The molecule has 0 radical (unpaired) electrons. The third-order valence-corrected chi connectivity index (χ3v) is 21.2. The number of nitriles is 1. The average molecular weight is 1130 g/mol. The molecule has 400 valence electrons. The highest BCUT2D eigenvalue weighted by Crippen LogP contribution is 2.65. The third kappa shape index (κ3) is 9.84. The van der Waals surface area contributed by atoms with Gasteiger partial charge in [0, 0.05) is 52.9 Å². The smallest absolute Gasteiger partial charge is 0.187 e. The summed E-state index contributed by atoms with van der Waals surface area (Å²) in [4.78, 5) is 11.2. The molecule has 0 N–H and O–H groups in total. The summed E-state index contributed by atoms with van der Waals surface area (Å²) in [6.07, 6.45) is 5.27. The standard InChI is InChI=1S/C55H40N4.C12H15N.C6H4S4/c1-35-6-16-41(17-7-35)58(42-18-8-36(2)9-19-42)45-24-28-49-50-29-25-46(59(43-20-10-37(3)11-21-43)44-22-12-38(4)13-23-44)33-54(50)55(53(49)32-45)51-30-39(34-56)14-26-47(51)48-27-15-40(57-5)31-52(48)55;1-4-10-6-2-8-13-9-3-7-11(5-1)12(10)13;1-2-8-5(7-1)6-9-3-4-10-6/h6-33H,1-4H3;1,4-5H,2-3,6-9H2;1-4H. The highest BCUT2D eigenvalue weighted by molar-refractivity contribution is 8.33. The lowest BCUT2D eigenvalue weighted by atomic mass is 9.70. The van der Waals surface area contributed by atoms with Gasteiger partial charge in [0.2, 0.25) is 0 Å². The Morgan fingerprint density at radius 3 is 1.22 bits per heavy atom. The van der Waals surface area contributed by atoms with Crippen LogP contribution >= 0.6 is 47.0 Å². The molecule has 9 heteroatoms. The van der Waals surface area contributed by atoms with E-state index in [1.807, 2.05) is 59.2 Å². The van der Waals surface area contributed by atoms with Crippen molar-refractivity contribution in [2.24, 2.45) is 0 Å². The normalized spacial score (nSPS) is 15.0. The number of rotatable bonds is 6. The molecule has 0 aromatic heterocycles. The Labute approximate surface area is 499 Å². The molecular formula is C73H59N5S4. The van der Waals surface area contributed by atoms with E-state index in [2.05, 4.69) is 251 Å². The maximum Gasteiger partial charge on any atom is 0.187 e. The van der Waals surface area contributed by atoms with Crippen molar-refractivity contribution < 1.29 is 0 Å². The summed E-state index contributed by atoms with van der Waals surface area (Å²) < 4.78 is 2.86. The molecule has 4 aliphatic heterocycles. The second-order valence-corrected chi connectivity index (χ2v) is 25.8. The van der Waals surface area contributed by atoms with Gasteiger partial charge in [-0.05, 0) is 216 Å². The van der Waals surface area contributed by atoms with E-state index in [0.29, 0.717) is 11.3 Å². The van der Waals surface area contributed by atoms with Gasteiger partial charge in [0.15, 0.2) is 5.69 Å². The summed E-state index contributed by atoms with van der Waals surface area (Å²) in [5.74, 6) is 0. The molecule has 6 aliphatic rings. The van der Waals surface area contributed by atoms with Gasteiger partial charge in [0.05, 0.1) is 32.1 Å². The number of benzene rings is 9. The van der Waals surface area contributed by atoms with Crippen molar-refractivity contribution >= 4 is 92.5 Å². The lowest BCUT2D eigenvalue weighted by Gasteiger charge is -2.36. The van der Waals surface area contributed by atoms with E-state index in [9.17, 15) is 5.26 Å². The fourth-order valence-electron chi connectivity index (χ4n) is 12.6. The predicted molar refractivity (Wildman–Crippen MR) is 353 cm³/mol. The summed E-state index contributed by atoms with van der Waals surface area (Å²) in [6, 6.07) is 70.0. The van der Waals surface area contributed by atoms with Crippen LogP contribution in [0, 0.1) is 45.6 Å². The highest BCUT2D eigenvalue weighted by atomic mass is 32.2. The molecule has 2 aliphatic carbocycles. The van der Waals surface area contributed by atoms with E-state index < -0.39 is 5.41 Å². The third-order valence-electron chi connectivity index (χ3n) is 16.4. The van der Waals surface area contributed by atoms with Crippen LogP contribution in [0.5, 0.6) is 0 Å². The van der Waals surface area contributed by atoms with Gasteiger partial charge in [0.1, 0.15) is 0 Å². The zero-order valence-corrected chi connectivity index (χ0v) is 49.6. The first-order valence-electron chi connectivity index (χ1n) is 28.0. The SMILES string of the molecule is C1=CSC(=C2SC=CS2)S1.[C-]#[N+]c1ccc2c(c1)C1(c3cc(C#N)ccc3-2)c2cc(N(c3ccc(C)cc3)c3ccc(C)cc3)ccc2-c2ccc(N(c3ccc(C)cc3)c3ccc(C)cc3)cc21.c1cc2c3c(c1)CCCN3CCC2. The quantitative estimate of drug-likeness (QED) is 0.153. The van der Waals surface area contributed by atoms with Crippen LogP contribution in [0.15, 0.2) is 218 Å². The van der Waals surface area contributed by atoms with Crippen LogP contribution in [-0.2, 0) is 18.3 Å². The topological polar surface area (TPSA) is 37.9 Å². The molecule has 82 heavy (non-hydrogen) atoms. The van der Waals surface area contributed by atoms with Gasteiger partial charge in [-0.25, -0.2) is 4.85 Å². The average Bonchev–Trinajstić information content (AvgIpc) is 3.62. The van der Waals surface area contributed by atoms with Gasteiger partial charge in [-0.15, -0.1) is 0 Å². The molecule has 5 nitrogen and oxygen atoms in total. The van der Waals surface area contributed by atoms with Crippen molar-refractivity contribution in [2.45, 2.75) is 58.8 Å². The molecule has 0 bridgehead atoms. The zero-order chi connectivity index (χ0) is 55.9. The van der Waals surface area contributed by atoms with Crippen LogP contribution in [-0.4, -0.2) is 13.1 Å². The molecule has 0 atom stereocenters. The summed E-state index contributed by atoms with van der Waals surface area (Å²) in [5.41, 5.74) is 25.0. The lowest BCUT2D eigenvalue weighted by Crippen LogP contribution is -2.34. The van der Waals surface area contributed by atoms with E-state index in [4.69, 9.17) is 6.57 Å². The van der Waals surface area contributed by atoms with E-state index in [0.717, 1.165) is 78.6 Å². The molecule has 0 amide bonds. The summed E-state index contributed by atoms with van der Waals surface area (Å²) in [7, 11) is 0. The van der Waals surface area contributed by atoms with Crippen molar-refractivity contribution in [1.82, 2.24) is 0 Å². The van der Waals surface area contributed by atoms with Crippen LogP contribution in [0.1, 0.15) is 74.0 Å². The minimum Gasteiger partial charge on any atom is -0.371 e. The second-order valence-electron chi connectivity index (χ2n) is 21.6. The number of aryl methyl sites for hydroxylation is 6. The molecule has 0 saturated heterocycles. The van der Waals surface area contributed by atoms with Crippen molar-refractivity contribution in [2.75, 3.05) is 27.8 Å². The van der Waals surface area contributed by atoms with Gasteiger partial charge in [0.25, 0.3) is 0 Å². The van der Waals surface area contributed by atoms with Crippen LogP contribution < -0.4 is 14.7 Å². The largest absolute Gasteiger partial charge is 0.371 e. The number of hydrogen-bond acceptors (Lipinski definition) is 8. The zero-order valence-electron chi connectivity index (χ0n) is 46.3. The van der Waals surface area contributed by atoms with E-state index >= 15 is 0 Å². The van der Waals surface area contributed by atoms with Gasteiger partial charge in [-0.3, -0.25) is 0 Å². The van der Waals surface area contributed by atoms with Gasteiger partial charge < -0.3 is 14.7 Å². The fourth-order valence-corrected chi connectivity index (χ4v) is 16.6. The van der Waals surface area contributed by atoms with Gasteiger partial charge in [-0.1, -0.05) is 172 Å². The summed E-state index contributed by atoms with van der Waals surface area (Å²) >= 11 is 7.28. The number of para-hydroxylation sites is 1. The number of fused-ring (bicyclic) bond motifs is 10. The first-order chi connectivity index (χ1) is 40.2. The van der Waals surface area contributed by atoms with Crippen molar-refractivity contribution in [3.05, 3.63) is 291 Å². The summed E-state index contributed by atoms with van der Waals surface area (Å²) in [5, 5.41) is 18.9. The van der Waals surface area contributed by atoms with Crippen molar-refractivity contribution in [3.8, 4) is 28.3 Å². The molecule has 9 aromatic carbocycles. The molecule has 1 spiro atoms. The second kappa shape index (κ2) is 22.7. The van der Waals surface area contributed by atoms with Crippen molar-refractivity contribution in [3.63, 3.8) is 0 Å². The fraction of sp³-hybridized carbons (Fsp3) is 0.151. The van der Waals surface area contributed by atoms with E-state index in [1.165, 1.54) is 69.5 Å². The Balaban J connectivity index is 0.000000223. The molecule has 15 rings (SSSR count). The van der Waals surface area contributed by atoms with Gasteiger partial charge in [-0.2, -0.15) is 5.26 Å². The molecule has 0 fully saturated rings. The summed E-state index contributed by atoms with van der Waals surface area (Å²) in [6.45, 7) is 19.2. The first kappa shape index (κ1) is 53.3. The van der Waals surface area contributed by atoms with E-state index in [1.54, 1.807) is 16.8 Å². The first-order valence-corrected chi connectivity index (χ1v) is 31.5. The molecular weight excluding hydrogens is 1080 g/mol. The Hall–Kier alpha value is -8.02. The van der Waals surface area contributed by atoms with E-state index in [-0.39, 0.29) is 0 Å². The number of thioether (sulfide) groups is 4. The molecule has 0 saturated carbocycles. The Morgan fingerprint density at radius 2 is 0.817 bits per heavy atom. The van der Waals surface area contributed by atoms with Crippen LogP contribution in [0.3, 0.4) is 0 Å². The minimum absolute atomic E-state index is 0.584.